The van der Waals surface area contributed by atoms with E-state index in [1.54, 1.807) is 12.1 Å². The van der Waals surface area contributed by atoms with E-state index < -0.39 is 30.0 Å². The minimum atomic E-state index is -0.881. The maximum Gasteiger partial charge on any atom is 0.260 e. The first-order valence-electron chi connectivity index (χ1n) is 7.16. The number of halogens is 3. The van der Waals surface area contributed by atoms with Gasteiger partial charge in [0.2, 0.25) is 0 Å². The maximum atomic E-state index is 13.4. The predicted molar refractivity (Wildman–Crippen MR) is 81.4 cm³/mol. The van der Waals surface area contributed by atoms with E-state index in [1.165, 1.54) is 24.1 Å². The quantitative estimate of drug-likeness (QED) is 0.778. The average molecular weight is 339 g/mol. The van der Waals surface area contributed by atoms with Crippen LogP contribution in [0.15, 0.2) is 42.5 Å². The molecule has 0 bridgehead atoms. The van der Waals surface area contributed by atoms with Crippen LogP contribution >= 0.6 is 0 Å². The zero-order valence-corrected chi connectivity index (χ0v) is 13.0. The van der Waals surface area contributed by atoms with Crippen LogP contribution < -0.4 is 9.47 Å². The standard InChI is InChI=1S/C17H16F3NO3/c1-21(8-9-23-15-5-3-2-4-13(15)19)17(22)11-24-16-7-6-12(18)10-14(16)20/h2-7,10H,8-9,11H2,1H3. The molecule has 1 amide bonds. The molecule has 0 atom stereocenters. The van der Waals surface area contributed by atoms with Gasteiger partial charge in [0.05, 0.1) is 6.54 Å². The van der Waals surface area contributed by atoms with Gasteiger partial charge in [-0.2, -0.15) is 0 Å². The molecule has 2 aromatic carbocycles. The molecule has 0 heterocycles. The van der Waals surface area contributed by atoms with E-state index in [-0.39, 0.29) is 24.7 Å². The summed E-state index contributed by atoms with van der Waals surface area (Å²) < 4.78 is 49.8. The smallest absolute Gasteiger partial charge is 0.260 e. The number of hydrogen-bond acceptors (Lipinski definition) is 3. The second-order valence-electron chi connectivity index (χ2n) is 4.96. The van der Waals surface area contributed by atoms with Crippen LogP contribution in [0.4, 0.5) is 13.2 Å². The molecule has 0 aliphatic rings. The van der Waals surface area contributed by atoms with Gasteiger partial charge >= 0.3 is 0 Å². The van der Waals surface area contributed by atoms with E-state index in [2.05, 4.69) is 0 Å². The van der Waals surface area contributed by atoms with Crippen molar-refractivity contribution in [2.24, 2.45) is 0 Å². The van der Waals surface area contributed by atoms with Crippen molar-refractivity contribution in [2.75, 3.05) is 26.8 Å². The molecule has 0 aliphatic heterocycles. The summed E-state index contributed by atoms with van der Waals surface area (Å²) in [5.74, 6) is -2.62. The lowest BCUT2D eigenvalue weighted by Crippen LogP contribution is -2.34. The summed E-state index contributed by atoms with van der Waals surface area (Å²) in [6.45, 7) is -0.116. The fourth-order valence-corrected chi connectivity index (χ4v) is 1.82. The SMILES string of the molecule is CN(CCOc1ccccc1F)C(=O)COc1ccc(F)cc1F. The molecule has 0 saturated carbocycles. The Bertz CT molecular complexity index is 709. The van der Waals surface area contributed by atoms with Crippen molar-refractivity contribution in [3.05, 3.63) is 59.9 Å². The Morgan fingerprint density at radius 1 is 1.00 bits per heavy atom. The van der Waals surface area contributed by atoms with E-state index >= 15 is 0 Å². The molecule has 7 heteroatoms. The number of rotatable bonds is 7. The fraction of sp³-hybridized carbons (Fsp3) is 0.235. The number of ether oxygens (including phenoxy) is 2. The van der Waals surface area contributed by atoms with Crippen LogP contribution in [0.25, 0.3) is 0 Å². The van der Waals surface area contributed by atoms with Crippen LogP contribution in [-0.2, 0) is 4.79 Å². The van der Waals surface area contributed by atoms with Crippen molar-refractivity contribution in [1.82, 2.24) is 4.90 Å². The highest BCUT2D eigenvalue weighted by Crippen LogP contribution is 2.17. The molecule has 128 valence electrons. The van der Waals surface area contributed by atoms with Crippen LogP contribution in [-0.4, -0.2) is 37.6 Å². The summed E-state index contributed by atoms with van der Waals surface area (Å²) in [7, 11) is 1.51. The van der Waals surface area contributed by atoms with Crippen LogP contribution in [0.3, 0.4) is 0 Å². The van der Waals surface area contributed by atoms with Crippen LogP contribution in [0.1, 0.15) is 0 Å². The third kappa shape index (κ3) is 4.91. The molecule has 2 aromatic rings. The summed E-state index contributed by atoms with van der Waals surface area (Å²) in [4.78, 5) is 13.2. The average Bonchev–Trinajstić information content (AvgIpc) is 2.55. The van der Waals surface area contributed by atoms with Crippen molar-refractivity contribution in [3.63, 3.8) is 0 Å². The number of para-hydroxylation sites is 1. The van der Waals surface area contributed by atoms with Crippen LogP contribution in [0.2, 0.25) is 0 Å². The third-order valence-electron chi connectivity index (χ3n) is 3.19. The van der Waals surface area contributed by atoms with Crippen molar-refractivity contribution in [1.29, 1.82) is 0 Å². The Kier molecular flexibility index (Phi) is 6.06. The molecular formula is C17H16F3NO3. The second kappa shape index (κ2) is 8.24. The topological polar surface area (TPSA) is 38.8 Å². The first-order valence-corrected chi connectivity index (χ1v) is 7.16. The molecule has 0 aliphatic carbocycles. The summed E-state index contributed by atoms with van der Waals surface area (Å²) in [5.41, 5.74) is 0. The number of benzene rings is 2. The molecular weight excluding hydrogens is 323 g/mol. The van der Waals surface area contributed by atoms with Gasteiger partial charge in [0.1, 0.15) is 12.4 Å². The molecule has 0 radical (unpaired) electrons. The van der Waals surface area contributed by atoms with Gasteiger partial charge < -0.3 is 14.4 Å². The molecule has 0 spiro atoms. The minimum absolute atomic E-state index is 0.0914. The summed E-state index contributed by atoms with van der Waals surface area (Å²) in [6, 6.07) is 8.76. The zero-order chi connectivity index (χ0) is 17.5. The molecule has 0 unspecified atom stereocenters. The highest BCUT2D eigenvalue weighted by atomic mass is 19.1. The fourth-order valence-electron chi connectivity index (χ4n) is 1.82. The van der Waals surface area contributed by atoms with Gasteiger partial charge in [0, 0.05) is 13.1 Å². The largest absolute Gasteiger partial charge is 0.489 e. The Hall–Kier alpha value is -2.70. The van der Waals surface area contributed by atoms with Gasteiger partial charge in [0.25, 0.3) is 5.91 Å². The number of likely N-dealkylation sites (N-methyl/N-ethyl adjacent to an activating group) is 1. The normalized spacial score (nSPS) is 10.3. The molecule has 4 nitrogen and oxygen atoms in total. The van der Waals surface area contributed by atoms with E-state index in [4.69, 9.17) is 9.47 Å². The lowest BCUT2D eigenvalue weighted by molar-refractivity contribution is -0.132. The van der Waals surface area contributed by atoms with Gasteiger partial charge in [-0.05, 0) is 24.3 Å². The molecule has 2 rings (SSSR count). The first-order chi connectivity index (χ1) is 11.5. The van der Waals surface area contributed by atoms with E-state index in [1.807, 2.05) is 0 Å². The molecule has 0 aromatic heterocycles. The minimum Gasteiger partial charge on any atom is -0.489 e. The van der Waals surface area contributed by atoms with Crippen molar-refractivity contribution < 1.29 is 27.4 Å². The second-order valence-corrected chi connectivity index (χ2v) is 4.96. The number of carbonyl (C=O) groups excluding carboxylic acids is 1. The summed E-state index contributed by atoms with van der Waals surface area (Å²) in [6.07, 6.45) is 0. The Morgan fingerprint density at radius 3 is 2.42 bits per heavy atom. The van der Waals surface area contributed by atoms with Crippen molar-refractivity contribution >= 4 is 5.91 Å². The Balaban J connectivity index is 1.77. The number of carbonyl (C=O) groups is 1. The zero-order valence-electron chi connectivity index (χ0n) is 13.0. The predicted octanol–water partition coefficient (Wildman–Crippen LogP) is 3.02. The van der Waals surface area contributed by atoms with Gasteiger partial charge in [-0.3, -0.25) is 4.79 Å². The lowest BCUT2D eigenvalue weighted by Gasteiger charge is -2.18. The van der Waals surface area contributed by atoms with E-state index in [0.29, 0.717) is 6.07 Å². The highest BCUT2D eigenvalue weighted by molar-refractivity contribution is 5.77. The van der Waals surface area contributed by atoms with Crippen molar-refractivity contribution in [2.45, 2.75) is 0 Å². The van der Waals surface area contributed by atoms with Crippen LogP contribution in [0.5, 0.6) is 11.5 Å². The van der Waals surface area contributed by atoms with E-state index in [9.17, 15) is 18.0 Å². The third-order valence-corrected chi connectivity index (χ3v) is 3.19. The van der Waals surface area contributed by atoms with Gasteiger partial charge in [-0.15, -0.1) is 0 Å². The summed E-state index contributed by atoms with van der Waals surface area (Å²) >= 11 is 0. The lowest BCUT2D eigenvalue weighted by atomic mass is 10.3. The van der Waals surface area contributed by atoms with Gasteiger partial charge in [-0.1, -0.05) is 12.1 Å². The van der Waals surface area contributed by atoms with E-state index in [0.717, 1.165) is 12.1 Å². The number of hydrogen-bond donors (Lipinski definition) is 0. The van der Waals surface area contributed by atoms with Gasteiger partial charge in [-0.25, -0.2) is 13.2 Å². The molecule has 0 saturated heterocycles. The monoisotopic (exact) mass is 339 g/mol. The highest BCUT2D eigenvalue weighted by Gasteiger charge is 2.12. The molecule has 24 heavy (non-hydrogen) atoms. The van der Waals surface area contributed by atoms with Gasteiger partial charge in [0.15, 0.2) is 29.7 Å². The maximum absolute atomic E-state index is 13.4. The van der Waals surface area contributed by atoms with Crippen LogP contribution in [0, 0.1) is 17.5 Å². The molecule has 0 fully saturated rings. The molecule has 0 N–H and O–H groups in total. The number of nitrogens with zero attached hydrogens (tertiary/aromatic N) is 1. The Morgan fingerprint density at radius 2 is 1.71 bits per heavy atom. The summed E-state index contributed by atoms with van der Waals surface area (Å²) in [5, 5.41) is 0. The van der Waals surface area contributed by atoms with Crippen molar-refractivity contribution in [3.8, 4) is 11.5 Å². The Labute approximate surface area is 137 Å². The first kappa shape index (κ1) is 17.7. The number of amides is 1.